The van der Waals surface area contributed by atoms with Gasteiger partial charge in [-0.1, -0.05) is 19.8 Å². The number of rotatable bonds is 7. The lowest BCUT2D eigenvalue weighted by molar-refractivity contribution is -0.138. The molecule has 0 aliphatic heterocycles. The highest BCUT2D eigenvalue weighted by Gasteiger charge is 2.23. The van der Waals surface area contributed by atoms with Gasteiger partial charge in [-0.15, -0.1) is 0 Å². The van der Waals surface area contributed by atoms with Gasteiger partial charge in [-0.2, -0.15) is 0 Å². The lowest BCUT2D eigenvalue weighted by Gasteiger charge is -2.28. The van der Waals surface area contributed by atoms with Gasteiger partial charge >= 0.3 is 0 Å². The van der Waals surface area contributed by atoms with Crippen LogP contribution in [0.3, 0.4) is 0 Å². The summed E-state index contributed by atoms with van der Waals surface area (Å²) in [6.45, 7) is 5.66. The molecular formula is C11H23N3O2. The van der Waals surface area contributed by atoms with Gasteiger partial charge in [0.25, 0.3) is 0 Å². The van der Waals surface area contributed by atoms with E-state index in [1.54, 1.807) is 0 Å². The zero-order valence-corrected chi connectivity index (χ0v) is 10.4. The standard InChI is InChI=1S/C11H23N3O2/c1-4-5-6-9(12)11(16)14(8(2)3)7-10(13)15/h8-9H,4-7,12H2,1-3H3,(H2,13,15). The molecule has 2 amide bonds. The number of amides is 2. The van der Waals surface area contributed by atoms with Crippen molar-refractivity contribution in [3.8, 4) is 0 Å². The van der Waals surface area contributed by atoms with Gasteiger partial charge < -0.3 is 16.4 Å². The van der Waals surface area contributed by atoms with Crippen LogP contribution >= 0.6 is 0 Å². The number of nitrogens with zero attached hydrogens (tertiary/aromatic N) is 1. The van der Waals surface area contributed by atoms with Gasteiger partial charge in [0.1, 0.15) is 0 Å². The highest BCUT2D eigenvalue weighted by molar-refractivity contribution is 5.86. The minimum absolute atomic E-state index is 0.0592. The Kier molecular flexibility index (Phi) is 6.72. The molecule has 0 fully saturated rings. The second-order valence-electron chi connectivity index (χ2n) is 4.27. The highest BCUT2D eigenvalue weighted by Crippen LogP contribution is 2.05. The van der Waals surface area contributed by atoms with Crippen molar-refractivity contribution < 1.29 is 9.59 Å². The van der Waals surface area contributed by atoms with E-state index in [0.717, 1.165) is 12.8 Å². The van der Waals surface area contributed by atoms with Gasteiger partial charge in [-0.05, 0) is 20.3 Å². The van der Waals surface area contributed by atoms with E-state index in [9.17, 15) is 9.59 Å². The molecule has 0 aromatic rings. The third-order valence-corrected chi connectivity index (χ3v) is 2.42. The predicted octanol–water partition coefficient (Wildman–Crippen LogP) is 0.226. The van der Waals surface area contributed by atoms with E-state index < -0.39 is 11.9 Å². The van der Waals surface area contributed by atoms with Crippen molar-refractivity contribution in [1.29, 1.82) is 0 Å². The molecule has 4 N–H and O–H groups in total. The summed E-state index contributed by atoms with van der Waals surface area (Å²) in [5, 5.41) is 0. The van der Waals surface area contributed by atoms with Gasteiger partial charge in [0.2, 0.25) is 11.8 Å². The average molecular weight is 229 g/mol. The average Bonchev–Trinajstić information content (AvgIpc) is 2.20. The van der Waals surface area contributed by atoms with E-state index in [4.69, 9.17) is 11.5 Å². The molecule has 0 aromatic heterocycles. The fraction of sp³-hybridized carbons (Fsp3) is 0.818. The summed E-state index contributed by atoms with van der Waals surface area (Å²) >= 11 is 0. The quantitative estimate of drug-likeness (QED) is 0.654. The van der Waals surface area contributed by atoms with Crippen LogP contribution < -0.4 is 11.5 Å². The van der Waals surface area contributed by atoms with Crippen LogP contribution in [0.4, 0.5) is 0 Å². The van der Waals surface area contributed by atoms with Crippen LogP contribution in [-0.4, -0.2) is 35.3 Å². The van der Waals surface area contributed by atoms with Crippen LogP contribution in [0.5, 0.6) is 0 Å². The summed E-state index contributed by atoms with van der Waals surface area (Å²) in [7, 11) is 0. The first-order chi connectivity index (χ1) is 7.40. The van der Waals surface area contributed by atoms with Crippen molar-refractivity contribution in [2.24, 2.45) is 11.5 Å². The Morgan fingerprint density at radius 2 is 1.88 bits per heavy atom. The largest absolute Gasteiger partial charge is 0.368 e. The van der Waals surface area contributed by atoms with Crippen LogP contribution in [0.1, 0.15) is 40.0 Å². The maximum absolute atomic E-state index is 11.9. The lowest BCUT2D eigenvalue weighted by atomic mass is 10.1. The molecule has 0 aromatic carbocycles. The Hall–Kier alpha value is -1.10. The Labute approximate surface area is 97.2 Å². The molecule has 1 atom stereocenters. The predicted molar refractivity (Wildman–Crippen MR) is 63.5 cm³/mol. The molecule has 1 unspecified atom stereocenters. The van der Waals surface area contributed by atoms with E-state index in [1.165, 1.54) is 4.90 Å². The zero-order valence-electron chi connectivity index (χ0n) is 10.4. The zero-order chi connectivity index (χ0) is 12.7. The molecule has 5 heteroatoms. The van der Waals surface area contributed by atoms with Crippen LogP contribution in [0.25, 0.3) is 0 Å². The first kappa shape index (κ1) is 14.9. The molecule has 0 radical (unpaired) electrons. The number of carbonyl (C=O) groups excluding carboxylic acids is 2. The van der Waals surface area contributed by atoms with Crippen molar-refractivity contribution >= 4 is 11.8 Å². The smallest absolute Gasteiger partial charge is 0.240 e. The molecule has 94 valence electrons. The Morgan fingerprint density at radius 3 is 2.25 bits per heavy atom. The summed E-state index contributed by atoms with van der Waals surface area (Å²) in [6.07, 6.45) is 2.56. The number of carbonyl (C=O) groups is 2. The minimum atomic E-state index is -0.526. The fourth-order valence-electron chi connectivity index (χ4n) is 1.44. The summed E-state index contributed by atoms with van der Waals surface area (Å²) in [4.78, 5) is 24.2. The Bertz CT molecular complexity index is 241. The second-order valence-corrected chi connectivity index (χ2v) is 4.27. The van der Waals surface area contributed by atoms with Crippen LogP contribution in [0.2, 0.25) is 0 Å². The number of primary amides is 1. The van der Waals surface area contributed by atoms with Gasteiger partial charge in [0, 0.05) is 6.04 Å². The first-order valence-corrected chi connectivity index (χ1v) is 5.74. The molecule has 0 spiro atoms. The lowest BCUT2D eigenvalue weighted by Crippen LogP contribution is -2.50. The van der Waals surface area contributed by atoms with Gasteiger partial charge in [-0.25, -0.2) is 0 Å². The van der Waals surface area contributed by atoms with Crippen molar-refractivity contribution in [2.75, 3.05) is 6.54 Å². The monoisotopic (exact) mass is 229 g/mol. The van der Waals surface area contributed by atoms with Crippen LogP contribution in [0, 0.1) is 0 Å². The second kappa shape index (κ2) is 7.22. The summed E-state index contributed by atoms with van der Waals surface area (Å²) in [6, 6.07) is -0.589. The van der Waals surface area contributed by atoms with E-state index in [1.807, 2.05) is 20.8 Å². The summed E-state index contributed by atoms with van der Waals surface area (Å²) < 4.78 is 0. The third kappa shape index (κ3) is 5.11. The van der Waals surface area contributed by atoms with Crippen molar-refractivity contribution in [3.63, 3.8) is 0 Å². The molecule has 0 aliphatic carbocycles. The Balaban J connectivity index is 4.42. The minimum Gasteiger partial charge on any atom is -0.368 e. The van der Waals surface area contributed by atoms with E-state index >= 15 is 0 Å². The van der Waals surface area contributed by atoms with Crippen LogP contribution in [0.15, 0.2) is 0 Å². The highest BCUT2D eigenvalue weighted by atomic mass is 16.2. The van der Waals surface area contributed by atoms with E-state index in [2.05, 4.69) is 0 Å². The normalized spacial score (nSPS) is 12.6. The van der Waals surface area contributed by atoms with Crippen molar-refractivity contribution in [1.82, 2.24) is 4.90 Å². The van der Waals surface area contributed by atoms with E-state index in [-0.39, 0.29) is 18.5 Å². The number of hydrogen-bond donors (Lipinski definition) is 2. The molecule has 0 saturated carbocycles. The maximum Gasteiger partial charge on any atom is 0.240 e. The van der Waals surface area contributed by atoms with Gasteiger partial charge in [-0.3, -0.25) is 9.59 Å². The fourth-order valence-corrected chi connectivity index (χ4v) is 1.44. The van der Waals surface area contributed by atoms with Gasteiger partial charge in [0.05, 0.1) is 12.6 Å². The summed E-state index contributed by atoms with van der Waals surface area (Å²) in [5.41, 5.74) is 10.9. The SMILES string of the molecule is CCCCC(N)C(=O)N(CC(N)=O)C(C)C. The molecule has 0 heterocycles. The van der Waals surface area contributed by atoms with E-state index in [0.29, 0.717) is 6.42 Å². The molecule has 16 heavy (non-hydrogen) atoms. The van der Waals surface area contributed by atoms with Crippen molar-refractivity contribution in [2.45, 2.75) is 52.1 Å². The topological polar surface area (TPSA) is 89.4 Å². The molecule has 0 bridgehead atoms. The molecule has 5 nitrogen and oxygen atoms in total. The molecular weight excluding hydrogens is 206 g/mol. The Morgan fingerprint density at radius 1 is 1.31 bits per heavy atom. The maximum atomic E-state index is 11.9. The molecule has 0 rings (SSSR count). The number of hydrogen-bond acceptors (Lipinski definition) is 3. The number of unbranched alkanes of at least 4 members (excludes halogenated alkanes) is 1. The number of nitrogens with two attached hydrogens (primary N) is 2. The molecule has 0 aliphatic rings. The molecule has 0 saturated heterocycles. The van der Waals surface area contributed by atoms with Gasteiger partial charge in [0.15, 0.2) is 0 Å². The first-order valence-electron chi connectivity index (χ1n) is 5.74. The van der Waals surface area contributed by atoms with Crippen molar-refractivity contribution in [3.05, 3.63) is 0 Å². The third-order valence-electron chi connectivity index (χ3n) is 2.42. The van der Waals surface area contributed by atoms with Crippen LogP contribution in [-0.2, 0) is 9.59 Å². The summed E-state index contributed by atoms with van der Waals surface area (Å²) in [5.74, 6) is -0.702.